The SMILES string of the molecule is C=CCC(=O)NC.C=CCC(=O)NC.C=CCCC(=O)NC.C=CCCC(=O)NC. The van der Waals surface area contributed by atoms with Crippen molar-refractivity contribution in [3.8, 4) is 0 Å². The van der Waals surface area contributed by atoms with Crippen LogP contribution in [-0.2, 0) is 19.2 Å². The minimum atomic E-state index is 0.00926. The third-order valence-corrected chi connectivity index (χ3v) is 2.93. The van der Waals surface area contributed by atoms with Gasteiger partial charge in [0.1, 0.15) is 0 Å². The fourth-order valence-electron chi connectivity index (χ4n) is 1.18. The van der Waals surface area contributed by atoms with E-state index >= 15 is 0 Å². The smallest absolute Gasteiger partial charge is 0.223 e. The molecular formula is C22H40N4O4. The highest BCUT2D eigenvalue weighted by Crippen LogP contribution is 1.87. The van der Waals surface area contributed by atoms with Crippen LogP contribution in [0.15, 0.2) is 50.6 Å². The summed E-state index contributed by atoms with van der Waals surface area (Å²) in [4.78, 5) is 41.3. The molecule has 8 heteroatoms. The van der Waals surface area contributed by atoms with E-state index in [-0.39, 0.29) is 23.6 Å². The van der Waals surface area contributed by atoms with Crippen LogP contribution in [0.1, 0.15) is 38.5 Å². The maximum absolute atomic E-state index is 10.4. The van der Waals surface area contributed by atoms with Gasteiger partial charge in [0.15, 0.2) is 0 Å². The Balaban J connectivity index is -0.000000151. The summed E-state index contributed by atoms with van der Waals surface area (Å²) in [7, 11) is 6.47. The van der Waals surface area contributed by atoms with E-state index in [4.69, 9.17) is 0 Å². The topological polar surface area (TPSA) is 116 Å². The third kappa shape index (κ3) is 39.8. The second-order valence-electron chi connectivity index (χ2n) is 5.33. The highest BCUT2D eigenvalue weighted by Gasteiger charge is 1.92. The van der Waals surface area contributed by atoms with Crippen LogP contribution < -0.4 is 21.3 Å². The molecule has 4 amide bonds. The Labute approximate surface area is 182 Å². The van der Waals surface area contributed by atoms with Crippen molar-refractivity contribution in [1.82, 2.24) is 21.3 Å². The number of hydrogen-bond acceptors (Lipinski definition) is 4. The van der Waals surface area contributed by atoms with Gasteiger partial charge in [-0.2, -0.15) is 0 Å². The van der Waals surface area contributed by atoms with Gasteiger partial charge in [-0.25, -0.2) is 0 Å². The first kappa shape index (κ1) is 34.4. The van der Waals surface area contributed by atoms with Crippen LogP contribution in [0.4, 0.5) is 0 Å². The highest BCUT2D eigenvalue weighted by molar-refractivity contribution is 5.77. The van der Waals surface area contributed by atoms with Gasteiger partial charge in [0.25, 0.3) is 0 Å². The van der Waals surface area contributed by atoms with Crippen molar-refractivity contribution in [2.75, 3.05) is 28.2 Å². The monoisotopic (exact) mass is 424 g/mol. The summed E-state index contributed by atoms with van der Waals surface area (Å²) in [6, 6.07) is 0. The van der Waals surface area contributed by atoms with Crippen molar-refractivity contribution in [3.63, 3.8) is 0 Å². The van der Waals surface area contributed by atoms with E-state index < -0.39 is 0 Å². The van der Waals surface area contributed by atoms with Gasteiger partial charge < -0.3 is 21.3 Å². The Kier molecular flexibility index (Phi) is 35.0. The molecule has 0 spiro atoms. The van der Waals surface area contributed by atoms with E-state index in [0.717, 1.165) is 12.8 Å². The molecule has 0 bridgehead atoms. The molecule has 0 radical (unpaired) electrons. The van der Waals surface area contributed by atoms with Gasteiger partial charge in [0, 0.05) is 53.9 Å². The van der Waals surface area contributed by atoms with Crippen molar-refractivity contribution in [2.24, 2.45) is 0 Å². The van der Waals surface area contributed by atoms with Gasteiger partial charge in [-0.3, -0.25) is 19.2 Å². The van der Waals surface area contributed by atoms with Crippen molar-refractivity contribution in [3.05, 3.63) is 50.6 Å². The van der Waals surface area contributed by atoms with Gasteiger partial charge in [0.2, 0.25) is 23.6 Å². The Morgan fingerprint density at radius 3 is 0.933 bits per heavy atom. The molecule has 0 aliphatic carbocycles. The lowest BCUT2D eigenvalue weighted by Crippen LogP contribution is -2.16. The van der Waals surface area contributed by atoms with Gasteiger partial charge in [-0.1, -0.05) is 24.3 Å². The van der Waals surface area contributed by atoms with Crippen molar-refractivity contribution in [1.29, 1.82) is 0 Å². The summed E-state index contributed by atoms with van der Waals surface area (Å²) in [5.41, 5.74) is 0. The molecule has 0 saturated heterocycles. The van der Waals surface area contributed by atoms with Crippen LogP contribution in [0.25, 0.3) is 0 Å². The van der Waals surface area contributed by atoms with Gasteiger partial charge >= 0.3 is 0 Å². The minimum absolute atomic E-state index is 0.00926. The van der Waals surface area contributed by atoms with Gasteiger partial charge in [0.05, 0.1) is 0 Å². The van der Waals surface area contributed by atoms with Crippen molar-refractivity contribution >= 4 is 23.6 Å². The van der Waals surface area contributed by atoms with E-state index in [1.165, 1.54) is 0 Å². The number of rotatable bonds is 10. The van der Waals surface area contributed by atoms with Crippen LogP contribution in [0.2, 0.25) is 0 Å². The zero-order valence-electron chi connectivity index (χ0n) is 19.0. The number of allylic oxidation sites excluding steroid dienone is 2. The Morgan fingerprint density at radius 2 is 0.800 bits per heavy atom. The first-order chi connectivity index (χ1) is 14.2. The molecule has 0 heterocycles. The van der Waals surface area contributed by atoms with E-state index in [2.05, 4.69) is 47.6 Å². The lowest BCUT2D eigenvalue weighted by Gasteiger charge is -1.92. The molecule has 8 nitrogen and oxygen atoms in total. The summed E-state index contributed by atoms with van der Waals surface area (Å²) >= 11 is 0. The summed E-state index contributed by atoms with van der Waals surface area (Å²) in [6.45, 7) is 13.7. The number of carbonyl (C=O) groups is 4. The van der Waals surface area contributed by atoms with Crippen LogP contribution in [-0.4, -0.2) is 51.8 Å². The number of carbonyl (C=O) groups excluding carboxylic acids is 4. The Bertz CT molecular complexity index is 471. The predicted molar refractivity (Wildman–Crippen MR) is 125 cm³/mol. The maximum atomic E-state index is 10.4. The summed E-state index contributed by atoms with van der Waals surface area (Å²) in [6.07, 6.45) is 10.1. The summed E-state index contributed by atoms with van der Waals surface area (Å²) in [5, 5.41) is 9.94. The molecule has 4 N–H and O–H groups in total. The number of nitrogens with one attached hydrogen (secondary N) is 4. The fraction of sp³-hybridized carbons (Fsp3) is 0.455. The lowest BCUT2D eigenvalue weighted by atomic mass is 10.3. The molecule has 172 valence electrons. The minimum Gasteiger partial charge on any atom is -0.359 e. The van der Waals surface area contributed by atoms with Crippen LogP contribution in [0, 0.1) is 0 Å². The average Bonchev–Trinajstić information content (AvgIpc) is 2.77. The van der Waals surface area contributed by atoms with Crippen molar-refractivity contribution in [2.45, 2.75) is 38.5 Å². The molecule has 0 unspecified atom stereocenters. The molecule has 0 atom stereocenters. The second-order valence-corrected chi connectivity index (χ2v) is 5.33. The summed E-state index contributed by atoms with van der Waals surface area (Å²) < 4.78 is 0. The molecule has 0 aliphatic rings. The Morgan fingerprint density at radius 1 is 0.533 bits per heavy atom. The molecule has 0 aromatic rings. The average molecular weight is 425 g/mol. The second kappa shape index (κ2) is 30.6. The molecular weight excluding hydrogens is 384 g/mol. The maximum Gasteiger partial charge on any atom is 0.223 e. The summed E-state index contributed by atoms with van der Waals surface area (Å²) in [5.74, 6) is 0.166. The van der Waals surface area contributed by atoms with Crippen LogP contribution in [0.3, 0.4) is 0 Å². The number of hydrogen-bond donors (Lipinski definition) is 4. The normalized spacial score (nSPS) is 7.87. The van der Waals surface area contributed by atoms with Gasteiger partial charge in [-0.05, 0) is 12.8 Å². The molecule has 0 rings (SSSR count). The van der Waals surface area contributed by atoms with E-state index in [9.17, 15) is 19.2 Å². The van der Waals surface area contributed by atoms with Gasteiger partial charge in [-0.15, -0.1) is 26.3 Å². The number of amides is 4. The molecule has 0 fully saturated rings. The molecule has 0 aromatic heterocycles. The zero-order valence-corrected chi connectivity index (χ0v) is 19.0. The van der Waals surface area contributed by atoms with E-state index in [1.54, 1.807) is 52.5 Å². The van der Waals surface area contributed by atoms with Crippen molar-refractivity contribution < 1.29 is 19.2 Å². The predicted octanol–water partition coefficient (Wildman–Crippen LogP) is 2.01. The molecule has 0 aliphatic heterocycles. The first-order valence-corrected chi connectivity index (χ1v) is 9.50. The zero-order chi connectivity index (χ0) is 24.2. The van der Waals surface area contributed by atoms with E-state index in [0.29, 0.717) is 25.7 Å². The van der Waals surface area contributed by atoms with Crippen LogP contribution in [0.5, 0.6) is 0 Å². The molecule has 30 heavy (non-hydrogen) atoms. The largest absolute Gasteiger partial charge is 0.359 e. The third-order valence-electron chi connectivity index (χ3n) is 2.93. The first-order valence-electron chi connectivity index (χ1n) is 9.50. The highest BCUT2D eigenvalue weighted by atomic mass is 16.2. The standard InChI is InChI=1S/2C6H11NO.2C5H9NO/c2*1-3-4-5-6(8)7-2;2*1-3-4-5(7)6-2/h2*3H,1,4-5H2,2H3,(H,7,8);2*3H,1,4H2,2H3,(H,6,7). The molecule has 0 aromatic carbocycles. The quantitative estimate of drug-likeness (QED) is 0.401. The molecule has 0 saturated carbocycles. The van der Waals surface area contributed by atoms with Crippen LogP contribution >= 0.6 is 0 Å². The fourth-order valence-corrected chi connectivity index (χ4v) is 1.18. The van der Waals surface area contributed by atoms with E-state index in [1.807, 2.05) is 0 Å². The Hall–Kier alpha value is -3.16. The lowest BCUT2D eigenvalue weighted by molar-refractivity contribution is -0.121.